The minimum absolute atomic E-state index is 0.460. The van der Waals surface area contributed by atoms with Crippen LogP contribution in [0.3, 0.4) is 0 Å². The van der Waals surface area contributed by atoms with E-state index >= 15 is 0 Å². The Labute approximate surface area is 412 Å². The molecule has 1 heteroatoms. The largest absolute Gasteiger partial charge is 0.310 e. The lowest BCUT2D eigenvalue weighted by atomic mass is 9.67. The molecule has 0 spiro atoms. The maximum absolute atomic E-state index is 2.49. The number of para-hydroxylation sites is 1. The van der Waals surface area contributed by atoms with Crippen molar-refractivity contribution in [3.63, 3.8) is 0 Å². The zero-order valence-electron chi connectivity index (χ0n) is 39.3. The summed E-state index contributed by atoms with van der Waals surface area (Å²) in [7, 11) is 0. The van der Waals surface area contributed by atoms with Crippen LogP contribution in [0.2, 0.25) is 0 Å². The summed E-state index contributed by atoms with van der Waals surface area (Å²) in [5.41, 5.74) is 19.5. The molecule has 11 aromatic carbocycles. The Morgan fingerprint density at radius 3 is 1.71 bits per heavy atom. The van der Waals surface area contributed by atoms with Crippen LogP contribution in [0.5, 0.6) is 0 Å². The number of fused-ring (bicyclic) bond motifs is 5. The molecule has 0 aromatic heterocycles. The van der Waals surface area contributed by atoms with E-state index in [1.165, 1.54) is 126 Å². The fourth-order valence-electron chi connectivity index (χ4n) is 12.4. The van der Waals surface area contributed by atoms with Crippen LogP contribution in [0, 0.1) is 0 Å². The van der Waals surface area contributed by atoms with Crippen LogP contribution in [0.4, 0.5) is 17.1 Å². The molecular weight excluding hydrogens is 843 g/mol. The van der Waals surface area contributed by atoms with Crippen molar-refractivity contribution in [1.29, 1.82) is 0 Å². The van der Waals surface area contributed by atoms with E-state index in [0.29, 0.717) is 5.92 Å². The molecular formula is C69H53N. The highest BCUT2D eigenvalue weighted by Gasteiger charge is 2.46. The Morgan fingerprint density at radius 1 is 0.343 bits per heavy atom. The molecule has 11 aromatic rings. The molecule has 70 heavy (non-hydrogen) atoms. The summed E-state index contributed by atoms with van der Waals surface area (Å²) in [6, 6.07) is 95.2. The van der Waals surface area contributed by atoms with Crippen molar-refractivity contribution in [2.75, 3.05) is 4.90 Å². The van der Waals surface area contributed by atoms with E-state index in [-0.39, 0.29) is 0 Å². The lowest BCUT2D eigenvalue weighted by molar-refractivity contribution is 0.445. The molecule has 0 heterocycles. The first-order valence-electron chi connectivity index (χ1n) is 25.2. The zero-order valence-corrected chi connectivity index (χ0v) is 39.3. The first kappa shape index (κ1) is 41.9. The van der Waals surface area contributed by atoms with E-state index < -0.39 is 5.41 Å². The molecule has 2 aliphatic rings. The molecule has 0 aliphatic heterocycles. The summed E-state index contributed by atoms with van der Waals surface area (Å²) in [5, 5.41) is 5.20. The molecule has 2 aliphatic carbocycles. The Bertz CT molecular complexity index is 3640. The molecule has 0 amide bonds. The van der Waals surface area contributed by atoms with Gasteiger partial charge in [0, 0.05) is 16.9 Å². The number of hydrogen-bond donors (Lipinski definition) is 0. The molecule has 1 saturated carbocycles. The van der Waals surface area contributed by atoms with Gasteiger partial charge in [-0.2, -0.15) is 0 Å². The number of rotatable bonds is 9. The third kappa shape index (κ3) is 6.99. The second kappa shape index (κ2) is 17.7. The van der Waals surface area contributed by atoms with Gasteiger partial charge in [-0.05, 0) is 143 Å². The minimum Gasteiger partial charge on any atom is -0.310 e. The maximum Gasteiger partial charge on any atom is 0.0713 e. The van der Waals surface area contributed by atoms with Crippen LogP contribution < -0.4 is 4.90 Å². The van der Waals surface area contributed by atoms with E-state index in [9.17, 15) is 0 Å². The van der Waals surface area contributed by atoms with Crippen molar-refractivity contribution in [2.45, 2.75) is 43.4 Å². The summed E-state index contributed by atoms with van der Waals surface area (Å²) in [5.74, 6) is 0.575. The van der Waals surface area contributed by atoms with E-state index in [2.05, 4.69) is 260 Å². The fourth-order valence-corrected chi connectivity index (χ4v) is 12.4. The van der Waals surface area contributed by atoms with Gasteiger partial charge in [-0.3, -0.25) is 0 Å². The van der Waals surface area contributed by atoms with Gasteiger partial charge in [0.05, 0.1) is 11.1 Å². The number of anilines is 3. The van der Waals surface area contributed by atoms with Gasteiger partial charge in [-0.15, -0.1) is 0 Å². The van der Waals surface area contributed by atoms with Crippen LogP contribution in [-0.4, -0.2) is 0 Å². The molecule has 0 unspecified atom stereocenters. The van der Waals surface area contributed by atoms with Crippen LogP contribution in [0.1, 0.15) is 65.8 Å². The zero-order chi connectivity index (χ0) is 46.4. The highest BCUT2D eigenvalue weighted by Crippen LogP contribution is 2.57. The summed E-state index contributed by atoms with van der Waals surface area (Å²) >= 11 is 0. The lowest BCUT2D eigenvalue weighted by Crippen LogP contribution is -2.28. The first-order valence-corrected chi connectivity index (χ1v) is 25.2. The average Bonchev–Trinajstić information content (AvgIpc) is 3.74. The lowest BCUT2D eigenvalue weighted by Gasteiger charge is -2.34. The highest BCUT2D eigenvalue weighted by atomic mass is 15.1. The van der Waals surface area contributed by atoms with Crippen LogP contribution in [0.15, 0.2) is 255 Å². The normalized spacial score (nSPS) is 14.1. The summed E-state index contributed by atoms with van der Waals surface area (Å²) in [6.07, 6.45) is 6.45. The third-order valence-corrected chi connectivity index (χ3v) is 15.5. The van der Waals surface area contributed by atoms with Gasteiger partial charge in [0.15, 0.2) is 0 Å². The van der Waals surface area contributed by atoms with Gasteiger partial charge in [0.1, 0.15) is 0 Å². The number of benzene rings is 11. The van der Waals surface area contributed by atoms with Gasteiger partial charge >= 0.3 is 0 Å². The van der Waals surface area contributed by atoms with Crippen molar-refractivity contribution in [2.24, 2.45) is 0 Å². The predicted molar refractivity (Wildman–Crippen MR) is 296 cm³/mol. The van der Waals surface area contributed by atoms with Crippen molar-refractivity contribution in [3.05, 3.63) is 283 Å². The molecule has 1 fully saturated rings. The van der Waals surface area contributed by atoms with Gasteiger partial charge in [0.25, 0.3) is 0 Å². The van der Waals surface area contributed by atoms with Crippen LogP contribution in [0.25, 0.3) is 66.1 Å². The molecule has 334 valence electrons. The Kier molecular flexibility index (Phi) is 10.6. The van der Waals surface area contributed by atoms with Gasteiger partial charge in [0.2, 0.25) is 0 Å². The number of nitrogens with zero attached hydrogens (tertiary/aromatic N) is 1. The summed E-state index contributed by atoms with van der Waals surface area (Å²) in [4.78, 5) is 2.49. The molecule has 0 radical (unpaired) electrons. The Balaban J connectivity index is 0.979. The van der Waals surface area contributed by atoms with Crippen LogP contribution in [-0.2, 0) is 5.41 Å². The van der Waals surface area contributed by atoms with E-state index in [0.717, 1.165) is 17.1 Å². The van der Waals surface area contributed by atoms with E-state index in [1.54, 1.807) is 0 Å². The highest BCUT2D eigenvalue weighted by molar-refractivity contribution is 6.04. The second-order valence-corrected chi connectivity index (χ2v) is 19.4. The molecule has 13 rings (SSSR count). The Hall–Kier alpha value is -8.26. The second-order valence-electron chi connectivity index (χ2n) is 19.4. The molecule has 0 atom stereocenters. The average molecular weight is 896 g/mol. The topological polar surface area (TPSA) is 3.24 Å². The Morgan fingerprint density at radius 2 is 0.929 bits per heavy atom. The third-order valence-electron chi connectivity index (χ3n) is 15.5. The minimum atomic E-state index is -0.460. The van der Waals surface area contributed by atoms with Crippen molar-refractivity contribution >= 4 is 38.6 Å². The molecule has 0 bridgehead atoms. The van der Waals surface area contributed by atoms with E-state index in [4.69, 9.17) is 0 Å². The van der Waals surface area contributed by atoms with E-state index in [1.807, 2.05) is 0 Å². The molecule has 0 saturated heterocycles. The quantitative estimate of drug-likeness (QED) is 0.140. The summed E-state index contributed by atoms with van der Waals surface area (Å²) in [6.45, 7) is 0. The molecule has 0 N–H and O–H groups in total. The van der Waals surface area contributed by atoms with Crippen molar-refractivity contribution in [1.82, 2.24) is 0 Å². The van der Waals surface area contributed by atoms with Gasteiger partial charge in [-0.25, -0.2) is 0 Å². The molecule has 1 nitrogen and oxygen atoms in total. The van der Waals surface area contributed by atoms with Gasteiger partial charge in [-0.1, -0.05) is 238 Å². The summed E-state index contributed by atoms with van der Waals surface area (Å²) < 4.78 is 0. The fraction of sp³-hybridized carbons (Fsp3) is 0.101. The maximum atomic E-state index is 2.49. The SMILES string of the molecule is c1ccc(C2(c3ccccc3)c3ccccc3-c3ccc(-c4ccc(N(c5cccc(-c6cccc7ccccc67)c5)c5ccccc5-c5cccc6cccc(C7CCCCC7)c56)cc4)cc32)cc1. The van der Waals surface area contributed by atoms with Crippen LogP contribution >= 0.6 is 0 Å². The first-order chi connectivity index (χ1) is 34.7. The smallest absolute Gasteiger partial charge is 0.0713 e. The number of hydrogen-bond acceptors (Lipinski definition) is 1. The predicted octanol–water partition coefficient (Wildman–Crippen LogP) is 18.9. The monoisotopic (exact) mass is 895 g/mol. The van der Waals surface area contributed by atoms with Crippen molar-refractivity contribution in [3.8, 4) is 44.5 Å². The standard InChI is InChI=1S/C69H53N/c1-4-20-50(21-5-1)60-36-18-24-51-25-19-37-64(68(51)60)63-34-13-15-39-67(63)70(57-31-16-26-53(46-57)59-35-17-23-49-22-10-11-32-58(49)59)56-43-40-48(41-44-56)52-42-45-62-61-33-12-14-38-65(61)69(66(62)47-52,54-27-6-2-7-28-54)55-29-8-3-9-30-55/h2-3,6-19,22-47,50H,1,4-5,20-21H2. The van der Waals surface area contributed by atoms with Crippen molar-refractivity contribution < 1.29 is 0 Å². The van der Waals surface area contributed by atoms with Gasteiger partial charge < -0.3 is 4.90 Å².